The summed E-state index contributed by atoms with van der Waals surface area (Å²) in [6.07, 6.45) is 7.69. The summed E-state index contributed by atoms with van der Waals surface area (Å²) in [5.41, 5.74) is -0.387. The molecule has 0 bridgehead atoms. The molecule has 0 aliphatic heterocycles. The van der Waals surface area contributed by atoms with E-state index in [-0.39, 0.29) is 0 Å². The van der Waals surface area contributed by atoms with E-state index in [4.69, 9.17) is 4.42 Å². The van der Waals surface area contributed by atoms with Gasteiger partial charge in [0.15, 0.2) is 0 Å². The van der Waals surface area contributed by atoms with Crippen LogP contribution in [0.4, 0.5) is 0 Å². The standard InChI is InChI=1S/C12H16N2O2/c1-3-6-14-7-5-13-11(14)12(2,15)10-4-8-16-9-10/h4-5,7-9,15H,3,6H2,1-2H3. The topological polar surface area (TPSA) is 51.2 Å². The third-order valence-corrected chi connectivity index (χ3v) is 2.70. The summed E-state index contributed by atoms with van der Waals surface area (Å²) >= 11 is 0. The number of imidazole rings is 1. The second-order valence-electron chi connectivity index (χ2n) is 4.03. The highest BCUT2D eigenvalue weighted by atomic mass is 16.3. The van der Waals surface area contributed by atoms with Crippen LogP contribution in [0.5, 0.6) is 0 Å². The number of aryl methyl sites for hydroxylation is 1. The van der Waals surface area contributed by atoms with Crippen LogP contribution in [0.2, 0.25) is 0 Å². The summed E-state index contributed by atoms with van der Waals surface area (Å²) in [6, 6.07) is 1.75. The molecule has 0 aromatic carbocycles. The Balaban J connectivity index is 2.39. The van der Waals surface area contributed by atoms with Gasteiger partial charge >= 0.3 is 0 Å². The zero-order valence-corrected chi connectivity index (χ0v) is 9.55. The minimum absolute atomic E-state index is 0.649. The number of aliphatic hydroxyl groups is 1. The van der Waals surface area contributed by atoms with Crippen molar-refractivity contribution >= 4 is 0 Å². The van der Waals surface area contributed by atoms with Crippen LogP contribution in [0.25, 0.3) is 0 Å². The smallest absolute Gasteiger partial charge is 0.147 e. The molecule has 2 heterocycles. The van der Waals surface area contributed by atoms with Crippen LogP contribution in [0.1, 0.15) is 31.7 Å². The minimum Gasteiger partial charge on any atom is -0.472 e. The molecule has 2 rings (SSSR count). The first-order valence-corrected chi connectivity index (χ1v) is 5.43. The van der Waals surface area contributed by atoms with Crippen LogP contribution in [-0.4, -0.2) is 14.7 Å². The molecule has 86 valence electrons. The van der Waals surface area contributed by atoms with E-state index in [1.54, 1.807) is 31.7 Å². The molecule has 1 N–H and O–H groups in total. The minimum atomic E-state index is -1.11. The van der Waals surface area contributed by atoms with E-state index >= 15 is 0 Å². The first kappa shape index (κ1) is 11.0. The third kappa shape index (κ3) is 1.76. The summed E-state index contributed by atoms with van der Waals surface area (Å²) in [5.74, 6) is 0.649. The fourth-order valence-corrected chi connectivity index (χ4v) is 1.83. The number of hydrogen-bond acceptors (Lipinski definition) is 3. The van der Waals surface area contributed by atoms with Crippen LogP contribution >= 0.6 is 0 Å². The second-order valence-corrected chi connectivity index (χ2v) is 4.03. The molecule has 0 saturated carbocycles. The van der Waals surface area contributed by atoms with Gasteiger partial charge in [0.05, 0.1) is 12.5 Å². The van der Waals surface area contributed by atoms with Gasteiger partial charge in [0.2, 0.25) is 0 Å². The van der Waals surface area contributed by atoms with Crippen molar-refractivity contribution in [2.24, 2.45) is 0 Å². The second kappa shape index (κ2) is 4.14. The molecule has 0 fully saturated rings. The van der Waals surface area contributed by atoms with Gasteiger partial charge in [-0.25, -0.2) is 4.98 Å². The van der Waals surface area contributed by atoms with Crippen molar-refractivity contribution in [2.45, 2.75) is 32.4 Å². The molecule has 0 aliphatic rings. The molecule has 0 radical (unpaired) electrons. The maximum absolute atomic E-state index is 10.5. The first-order valence-electron chi connectivity index (χ1n) is 5.43. The van der Waals surface area contributed by atoms with E-state index in [0.717, 1.165) is 18.5 Å². The van der Waals surface area contributed by atoms with Crippen molar-refractivity contribution in [3.63, 3.8) is 0 Å². The average Bonchev–Trinajstić information content (AvgIpc) is 2.88. The number of nitrogens with zero attached hydrogens (tertiary/aromatic N) is 2. The molecular formula is C12H16N2O2. The summed E-state index contributed by atoms with van der Waals surface area (Å²) in [6.45, 7) is 4.67. The van der Waals surface area contributed by atoms with E-state index in [1.807, 2.05) is 10.8 Å². The fraction of sp³-hybridized carbons (Fsp3) is 0.417. The largest absolute Gasteiger partial charge is 0.472 e. The Morgan fingerprint density at radius 3 is 3.00 bits per heavy atom. The molecule has 0 spiro atoms. The average molecular weight is 220 g/mol. The lowest BCUT2D eigenvalue weighted by Gasteiger charge is -2.22. The van der Waals surface area contributed by atoms with Crippen LogP contribution < -0.4 is 0 Å². The van der Waals surface area contributed by atoms with Gasteiger partial charge in [-0.2, -0.15) is 0 Å². The van der Waals surface area contributed by atoms with E-state index < -0.39 is 5.60 Å². The van der Waals surface area contributed by atoms with Gasteiger partial charge in [0.1, 0.15) is 11.4 Å². The highest BCUT2D eigenvalue weighted by molar-refractivity contribution is 5.24. The monoisotopic (exact) mass is 220 g/mol. The molecule has 0 aliphatic carbocycles. The lowest BCUT2D eigenvalue weighted by Crippen LogP contribution is -2.27. The quantitative estimate of drug-likeness (QED) is 0.858. The molecule has 1 atom stereocenters. The summed E-state index contributed by atoms with van der Waals surface area (Å²) in [7, 11) is 0. The van der Waals surface area contributed by atoms with Crippen molar-refractivity contribution in [3.05, 3.63) is 42.4 Å². The summed E-state index contributed by atoms with van der Waals surface area (Å²) < 4.78 is 6.97. The molecule has 2 aromatic heterocycles. The van der Waals surface area contributed by atoms with E-state index in [9.17, 15) is 5.11 Å². The van der Waals surface area contributed by atoms with Crippen LogP contribution in [-0.2, 0) is 12.1 Å². The Bertz CT molecular complexity index is 443. The first-order chi connectivity index (χ1) is 7.66. The van der Waals surface area contributed by atoms with Gasteiger partial charge in [0, 0.05) is 24.5 Å². The molecule has 0 amide bonds. The molecule has 2 aromatic rings. The number of aromatic nitrogens is 2. The molecule has 4 heteroatoms. The van der Waals surface area contributed by atoms with Crippen LogP contribution in [0, 0.1) is 0 Å². The van der Waals surface area contributed by atoms with Gasteiger partial charge in [-0.1, -0.05) is 6.92 Å². The van der Waals surface area contributed by atoms with Gasteiger partial charge in [-0.05, 0) is 19.4 Å². The Kier molecular flexibility index (Phi) is 2.83. The zero-order chi connectivity index (χ0) is 11.6. The van der Waals surface area contributed by atoms with Crippen LogP contribution in [0.15, 0.2) is 35.4 Å². The van der Waals surface area contributed by atoms with Crippen molar-refractivity contribution in [3.8, 4) is 0 Å². The number of furan rings is 1. The SMILES string of the molecule is CCCn1ccnc1C(C)(O)c1ccoc1. The Morgan fingerprint density at radius 2 is 2.38 bits per heavy atom. The van der Waals surface area contributed by atoms with Crippen molar-refractivity contribution in [1.82, 2.24) is 9.55 Å². The summed E-state index contributed by atoms with van der Waals surface area (Å²) in [4.78, 5) is 4.23. The molecule has 16 heavy (non-hydrogen) atoms. The Morgan fingerprint density at radius 1 is 1.56 bits per heavy atom. The maximum atomic E-state index is 10.5. The normalized spacial score (nSPS) is 14.9. The molecular weight excluding hydrogens is 204 g/mol. The molecule has 1 unspecified atom stereocenters. The third-order valence-electron chi connectivity index (χ3n) is 2.70. The van der Waals surface area contributed by atoms with Gasteiger partial charge in [0.25, 0.3) is 0 Å². The highest BCUT2D eigenvalue weighted by Crippen LogP contribution is 2.28. The lowest BCUT2D eigenvalue weighted by atomic mass is 9.98. The van der Waals surface area contributed by atoms with Gasteiger partial charge < -0.3 is 14.1 Å². The Labute approximate surface area is 94.5 Å². The fourth-order valence-electron chi connectivity index (χ4n) is 1.83. The zero-order valence-electron chi connectivity index (χ0n) is 9.55. The van der Waals surface area contributed by atoms with Crippen molar-refractivity contribution < 1.29 is 9.52 Å². The summed E-state index contributed by atoms with van der Waals surface area (Å²) in [5, 5.41) is 10.5. The highest BCUT2D eigenvalue weighted by Gasteiger charge is 2.31. The lowest BCUT2D eigenvalue weighted by molar-refractivity contribution is 0.0872. The van der Waals surface area contributed by atoms with Gasteiger partial charge in [-0.3, -0.25) is 0 Å². The predicted octanol–water partition coefficient (Wildman–Crippen LogP) is 2.14. The number of rotatable bonds is 4. The van der Waals surface area contributed by atoms with E-state index in [1.165, 1.54) is 0 Å². The van der Waals surface area contributed by atoms with E-state index in [2.05, 4.69) is 11.9 Å². The maximum Gasteiger partial charge on any atom is 0.147 e. The van der Waals surface area contributed by atoms with Crippen molar-refractivity contribution in [2.75, 3.05) is 0 Å². The van der Waals surface area contributed by atoms with Crippen LogP contribution in [0.3, 0.4) is 0 Å². The number of hydrogen-bond donors (Lipinski definition) is 1. The predicted molar refractivity (Wildman–Crippen MR) is 59.9 cm³/mol. The Hall–Kier alpha value is -1.55. The van der Waals surface area contributed by atoms with E-state index in [0.29, 0.717) is 5.82 Å². The van der Waals surface area contributed by atoms with Gasteiger partial charge in [-0.15, -0.1) is 0 Å². The molecule has 0 saturated heterocycles. The van der Waals surface area contributed by atoms with Crippen molar-refractivity contribution in [1.29, 1.82) is 0 Å². The molecule has 4 nitrogen and oxygen atoms in total.